The Balaban J connectivity index is 2.56. The molecule has 0 aliphatic rings. The number of benzene rings is 1. The fourth-order valence-electron chi connectivity index (χ4n) is 1.51. The Bertz CT molecular complexity index is 402. The lowest BCUT2D eigenvalue weighted by atomic mass is 9.90. The van der Waals surface area contributed by atoms with Gasteiger partial charge in [-0.1, -0.05) is 12.1 Å². The third kappa shape index (κ3) is 3.95. The minimum Gasteiger partial charge on any atom is -0.492 e. The average Bonchev–Trinajstić information content (AvgIpc) is 2.31. The second-order valence-corrected chi connectivity index (χ2v) is 4.79. The first kappa shape index (κ1) is 14.4. The lowest BCUT2D eigenvalue weighted by molar-refractivity contribution is -0.147. The summed E-state index contributed by atoms with van der Waals surface area (Å²) >= 11 is 0. The van der Waals surface area contributed by atoms with Gasteiger partial charge in [-0.15, -0.1) is 0 Å². The average molecular weight is 251 g/mol. The topological polar surface area (TPSA) is 58.6 Å². The number of hydrogen-bond acceptors (Lipinski definition) is 3. The van der Waals surface area contributed by atoms with Crippen molar-refractivity contribution < 1.29 is 14.6 Å². The number of carboxylic acid groups (broad SMARTS) is 1. The molecule has 18 heavy (non-hydrogen) atoms. The number of carboxylic acids is 1. The number of anilines is 1. The fourth-order valence-corrected chi connectivity index (χ4v) is 1.51. The maximum atomic E-state index is 11.0. The Hall–Kier alpha value is -1.71. The van der Waals surface area contributed by atoms with Gasteiger partial charge in [-0.3, -0.25) is 4.79 Å². The molecular formula is C14H21NO3. The molecule has 0 unspecified atom stereocenters. The summed E-state index contributed by atoms with van der Waals surface area (Å²) in [5.41, 5.74) is 0.189. The Morgan fingerprint density at radius 1 is 1.39 bits per heavy atom. The predicted molar refractivity (Wildman–Crippen MR) is 72.1 cm³/mol. The normalized spacial score (nSPS) is 11.1. The van der Waals surface area contributed by atoms with Gasteiger partial charge in [0, 0.05) is 6.54 Å². The van der Waals surface area contributed by atoms with Crippen molar-refractivity contribution in [1.29, 1.82) is 0 Å². The number of ether oxygens (including phenoxy) is 1. The van der Waals surface area contributed by atoms with E-state index < -0.39 is 11.4 Å². The molecule has 1 rings (SSSR count). The van der Waals surface area contributed by atoms with Crippen LogP contribution in [0.3, 0.4) is 0 Å². The second kappa shape index (κ2) is 6.28. The lowest BCUT2D eigenvalue weighted by Crippen LogP contribution is -2.26. The molecule has 0 aliphatic heterocycles. The Morgan fingerprint density at radius 3 is 2.67 bits per heavy atom. The van der Waals surface area contributed by atoms with Crippen molar-refractivity contribution in [3.63, 3.8) is 0 Å². The molecule has 0 atom stereocenters. The largest absolute Gasteiger partial charge is 0.492 e. The van der Waals surface area contributed by atoms with Gasteiger partial charge in [0.05, 0.1) is 17.7 Å². The van der Waals surface area contributed by atoms with Gasteiger partial charge in [-0.2, -0.15) is 0 Å². The zero-order valence-corrected chi connectivity index (χ0v) is 11.2. The molecule has 100 valence electrons. The quantitative estimate of drug-likeness (QED) is 0.782. The van der Waals surface area contributed by atoms with Crippen LogP contribution < -0.4 is 10.1 Å². The molecule has 1 aromatic carbocycles. The maximum Gasteiger partial charge on any atom is 0.309 e. The SMILES string of the molecule is CCOc1ccccc1NCCC(C)(C)C(=O)O. The van der Waals surface area contributed by atoms with Crippen molar-refractivity contribution >= 4 is 11.7 Å². The molecule has 0 saturated heterocycles. The number of para-hydroxylation sites is 2. The fraction of sp³-hybridized carbons (Fsp3) is 0.500. The molecule has 1 aromatic rings. The van der Waals surface area contributed by atoms with Gasteiger partial charge >= 0.3 is 5.97 Å². The van der Waals surface area contributed by atoms with Crippen molar-refractivity contribution in [2.45, 2.75) is 27.2 Å². The third-order valence-corrected chi connectivity index (χ3v) is 2.83. The number of carbonyl (C=O) groups is 1. The van der Waals surface area contributed by atoms with E-state index in [0.717, 1.165) is 11.4 Å². The first-order chi connectivity index (χ1) is 8.47. The summed E-state index contributed by atoms with van der Waals surface area (Å²) in [7, 11) is 0. The molecule has 0 saturated carbocycles. The van der Waals surface area contributed by atoms with Crippen LogP contribution in [0.15, 0.2) is 24.3 Å². The summed E-state index contributed by atoms with van der Waals surface area (Å²) in [6.45, 7) is 6.60. The van der Waals surface area contributed by atoms with E-state index in [9.17, 15) is 4.79 Å². The van der Waals surface area contributed by atoms with Crippen LogP contribution in [0, 0.1) is 5.41 Å². The van der Waals surface area contributed by atoms with Crippen LogP contribution in [0.2, 0.25) is 0 Å². The molecule has 0 aliphatic carbocycles. The Morgan fingerprint density at radius 2 is 2.06 bits per heavy atom. The van der Waals surface area contributed by atoms with Crippen molar-refractivity contribution in [3.8, 4) is 5.75 Å². The van der Waals surface area contributed by atoms with E-state index in [2.05, 4.69) is 5.32 Å². The Labute approximate surface area is 108 Å². The highest BCUT2D eigenvalue weighted by atomic mass is 16.5. The molecule has 0 amide bonds. The van der Waals surface area contributed by atoms with E-state index in [1.54, 1.807) is 13.8 Å². The summed E-state index contributed by atoms with van der Waals surface area (Å²) in [5, 5.41) is 12.2. The van der Waals surface area contributed by atoms with Gasteiger partial charge in [0.2, 0.25) is 0 Å². The number of aliphatic carboxylic acids is 1. The van der Waals surface area contributed by atoms with Gasteiger partial charge in [0.1, 0.15) is 5.75 Å². The van der Waals surface area contributed by atoms with Crippen molar-refractivity contribution in [3.05, 3.63) is 24.3 Å². The van der Waals surface area contributed by atoms with Crippen LogP contribution in [0.4, 0.5) is 5.69 Å². The first-order valence-electron chi connectivity index (χ1n) is 6.16. The predicted octanol–water partition coefficient (Wildman–Crippen LogP) is 3.00. The van der Waals surface area contributed by atoms with E-state index in [-0.39, 0.29) is 0 Å². The lowest BCUT2D eigenvalue weighted by Gasteiger charge is -2.20. The first-order valence-corrected chi connectivity index (χ1v) is 6.16. The molecule has 0 fully saturated rings. The maximum absolute atomic E-state index is 11.0. The minimum atomic E-state index is -0.776. The Kier molecular flexibility index (Phi) is 5.01. The smallest absolute Gasteiger partial charge is 0.309 e. The molecule has 2 N–H and O–H groups in total. The van der Waals surface area contributed by atoms with Crippen LogP contribution >= 0.6 is 0 Å². The summed E-state index contributed by atoms with van der Waals surface area (Å²) in [6.07, 6.45) is 0.558. The zero-order valence-electron chi connectivity index (χ0n) is 11.2. The minimum absolute atomic E-state index is 0.558. The van der Waals surface area contributed by atoms with Crippen LogP contribution in [0.1, 0.15) is 27.2 Å². The highest BCUT2D eigenvalue weighted by molar-refractivity contribution is 5.73. The highest BCUT2D eigenvalue weighted by Gasteiger charge is 2.26. The van der Waals surface area contributed by atoms with Crippen molar-refractivity contribution in [2.24, 2.45) is 5.41 Å². The van der Waals surface area contributed by atoms with Crippen molar-refractivity contribution in [1.82, 2.24) is 0 Å². The molecule has 4 heteroatoms. The van der Waals surface area contributed by atoms with E-state index in [1.807, 2.05) is 31.2 Å². The summed E-state index contributed by atoms with van der Waals surface area (Å²) in [4.78, 5) is 11.0. The standard InChI is InChI=1S/C14H21NO3/c1-4-18-12-8-6-5-7-11(12)15-10-9-14(2,3)13(16)17/h5-8,15H,4,9-10H2,1-3H3,(H,16,17). The van der Waals surface area contributed by atoms with Gasteiger partial charge in [-0.05, 0) is 39.3 Å². The highest BCUT2D eigenvalue weighted by Crippen LogP contribution is 2.25. The third-order valence-electron chi connectivity index (χ3n) is 2.83. The van der Waals surface area contributed by atoms with Gasteiger partial charge in [0.25, 0.3) is 0 Å². The molecule has 0 aromatic heterocycles. The monoisotopic (exact) mass is 251 g/mol. The van der Waals surface area contributed by atoms with E-state index in [4.69, 9.17) is 9.84 Å². The van der Waals surface area contributed by atoms with Crippen LogP contribution in [0.25, 0.3) is 0 Å². The summed E-state index contributed by atoms with van der Waals surface area (Å²) in [5.74, 6) is 0.0236. The number of nitrogens with one attached hydrogen (secondary N) is 1. The number of hydrogen-bond donors (Lipinski definition) is 2. The van der Waals surface area contributed by atoms with E-state index in [1.165, 1.54) is 0 Å². The van der Waals surface area contributed by atoms with Crippen LogP contribution in [0.5, 0.6) is 5.75 Å². The van der Waals surface area contributed by atoms with Crippen molar-refractivity contribution in [2.75, 3.05) is 18.5 Å². The van der Waals surface area contributed by atoms with Gasteiger partial charge < -0.3 is 15.2 Å². The molecule has 0 heterocycles. The van der Waals surface area contributed by atoms with E-state index >= 15 is 0 Å². The molecule has 0 spiro atoms. The van der Waals surface area contributed by atoms with Crippen LogP contribution in [-0.2, 0) is 4.79 Å². The molecule has 0 bridgehead atoms. The van der Waals surface area contributed by atoms with E-state index in [0.29, 0.717) is 19.6 Å². The summed E-state index contributed by atoms with van der Waals surface area (Å²) in [6, 6.07) is 7.66. The second-order valence-electron chi connectivity index (χ2n) is 4.79. The molecule has 4 nitrogen and oxygen atoms in total. The van der Waals surface area contributed by atoms with Gasteiger partial charge in [-0.25, -0.2) is 0 Å². The summed E-state index contributed by atoms with van der Waals surface area (Å²) < 4.78 is 5.49. The molecule has 0 radical (unpaired) electrons. The van der Waals surface area contributed by atoms with Crippen LogP contribution in [-0.4, -0.2) is 24.2 Å². The number of rotatable bonds is 7. The zero-order chi connectivity index (χ0) is 13.6. The van der Waals surface area contributed by atoms with Gasteiger partial charge in [0.15, 0.2) is 0 Å². The molecular weight excluding hydrogens is 230 g/mol.